The van der Waals surface area contributed by atoms with Gasteiger partial charge in [-0.2, -0.15) is 9.97 Å². The summed E-state index contributed by atoms with van der Waals surface area (Å²) in [6.07, 6.45) is 1.85. The lowest BCUT2D eigenvalue weighted by molar-refractivity contribution is 0.122. The summed E-state index contributed by atoms with van der Waals surface area (Å²) in [5.41, 5.74) is 1.11. The highest BCUT2D eigenvalue weighted by Gasteiger charge is 2.24. The van der Waals surface area contributed by atoms with E-state index in [4.69, 9.17) is 14.7 Å². The van der Waals surface area contributed by atoms with Crippen LogP contribution >= 0.6 is 0 Å². The summed E-state index contributed by atoms with van der Waals surface area (Å²) >= 11 is 0. The number of hydrogen-bond donors (Lipinski definition) is 2. The molecule has 0 unspecified atom stereocenters. The zero-order valence-corrected chi connectivity index (χ0v) is 21.0. The topological polar surface area (TPSA) is 80.1 Å². The van der Waals surface area contributed by atoms with Gasteiger partial charge in [-0.3, -0.25) is 4.57 Å². The second-order valence-corrected chi connectivity index (χ2v) is 10.0. The Morgan fingerprint density at radius 1 is 1.00 bits per heavy atom. The van der Waals surface area contributed by atoms with E-state index in [0.29, 0.717) is 72.9 Å². The van der Waals surface area contributed by atoms with E-state index >= 15 is 0 Å². The van der Waals surface area contributed by atoms with Crippen molar-refractivity contribution in [3.05, 3.63) is 36.2 Å². The number of imidazole rings is 1. The van der Waals surface area contributed by atoms with Crippen LogP contribution in [0.25, 0.3) is 16.9 Å². The molecule has 36 heavy (non-hydrogen) atoms. The molecule has 1 aliphatic heterocycles. The SMILES string of the molecule is CC(C)NC1CCC(CNc2nc(N3CCOCC3)cc(-n3c(C(F)F)nc4ccccc43)n2)CC1. The van der Waals surface area contributed by atoms with Crippen LogP contribution in [0.1, 0.15) is 51.8 Å². The van der Waals surface area contributed by atoms with E-state index < -0.39 is 6.43 Å². The molecule has 1 aromatic carbocycles. The number of para-hydroxylation sites is 2. The Labute approximate surface area is 210 Å². The Morgan fingerprint density at radius 2 is 1.72 bits per heavy atom. The van der Waals surface area contributed by atoms with Gasteiger partial charge in [-0.05, 0) is 43.7 Å². The number of morpholine rings is 1. The summed E-state index contributed by atoms with van der Waals surface area (Å²) in [5, 5.41) is 7.07. The zero-order chi connectivity index (χ0) is 25.1. The third kappa shape index (κ3) is 5.59. The summed E-state index contributed by atoms with van der Waals surface area (Å²) in [4.78, 5) is 15.8. The minimum Gasteiger partial charge on any atom is -0.378 e. The zero-order valence-electron chi connectivity index (χ0n) is 21.0. The van der Waals surface area contributed by atoms with E-state index in [2.05, 4.69) is 34.4 Å². The molecule has 1 saturated heterocycles. The number of halogens is 2. The maximum Gasteiger partial charge on any atom is 0.296 e. The van der Waals surface area contributed by atoms with Gasteiger partial charge in [-0.25, -0.2) is 13.8 Å². The summed E-state index contributed by atoms with van der Waals surface area (Å²) in [6.45, 7) is 7.72. The van der Waals surface area contributed by atoms with Crippen LogP contribution < -0.4 is 15.5 Å². The molecule has 0 amide bonds. The molecule has 10 heteroatoms. The molecular weight excluding hydrogens is 464 g/mol. The van der Waals surface area contributed by atoms with E-state index in [9.17, 15) is 8.78 Å². The number of benzene rings is 1. The average Bonchev–Trinajstić information content (AvgIpc) is 3.29. The third-order valence-electron chi connectivity index (χ3n) is 7.01. The maximum absolute atomic E-state index is 14.0. The molecule has 8 nitrogen and oxygen atoms in total. The van der Waals surface area contributed by atoms with Gasteiger partial charge >= 0.3 is 0 Å². The number of nitrogens with one attached hydrogen (secondary N) is 2. The fraction of sp³-hybridized carbons (Fsp3) is 0.577. The van der Waals surface area contributed by atoms with Gasteiger partial charge in [0.05, 0.1) is 24.2 Å². The quantitative estimate of drug-likeness (QED) is 0.470. The Kier molecular flexibility index (Phi) is 7.62. The molecule has 3 heterocycles. The Balaban J connectivity index is 1.42. The van der Waals surface area contributed by atoms with Gasteiger partial charge in [0.2, 0.25) is 5.95 Å². The first-order valence-electron chi connectivity index (χ1n) is 13.0. The van der Waals surface area contributed by atoms with Crippen LogP contribution in [0.2, 0.25) is 0 Å². The van der Waals surface area contributed by atoms with E-state index in [1.807, 2.05) is 6.07 Å². The van der Waals surface area contributed by atoms with Gasteiger partial charge in [-0.1, -0.05) is 26.0 Å². The van der Waals surface area contributed by atoms with Gasteiger partial charge in [0.15, 0.2) is 5.82 Å². The number of ether oxygens (including phenoxy) is 1. The van der Waals surface area contributed by atoms with Gasteiger partial charge in [0.1, 0.15) is 11.6 Å². The average molecular weight is 500 g/mol. The fourth-order valence-corrected chi connectivity index (χ4v) is 5.24. The predicted molar refractivity (Wildman–Crippen MR) is 137 cm³/mol. The van der Waals surface area contributed by atoms with Crippen LogP contribution in [0.4, 0.5) is 20.5 Å². The number of aromatic nitrogens is 4. The summed E-state index contributed by atoms with van der Waals surface area (Å²) in [6, 6.07) is 10.0. The highest BCUT2D eigenvalue weighted by atomic mass is 19.3. The summed E-state index contributed by atoms with van der Waals surface area (Å²) in [5.74, 6) is 1.76. The minimum atomic E-state index is -2.73. The lowest BCUT2D eigenvalue weighted by atomic mass is 9.86. The van der Waals surface area contributed by atoms with Crippen LogP contribution in [-0.4, -0.2) is 64.5 Å². The van der Waals surface area contributed by atoms with E-state index in [1.54, 1.807) is 24.3 Å². The van der Waals surface area contributed by atoms with Crippen molar-refractivity contribution in [1.29, 1.82) is 0 Å². The smallest absolute Gasteiger partial charge is 0.296 e. The fourth-order valence-electron chi connectivity index (χ4n) is 5.24. The molecule has 2 fully saturated rings. The molecule has 2 N–H and O–H groups in total. The highest BCUT2D eigenvalue weighted by molar-refractivity contribution is 5.78. The lowest BCUT2D eigenvalue weighted by Gasteiger charge is -2.31. The van der Waals surface area contributed by atoms with Crippen molar-refractivity contribution in [3.8, 4) is 5.82 Å². The molecule has 0 bridgehead atoms. The Morgan fingerprint density at radius 3 is 2.44 bits per heavy atom. The molecule has 1 aliphatic carbocycles. The molecule has 194 valence electrons. The standard InChI is InChI=1S/C26H35F2N7O/c1-17(2)30-19-9-7-18(8-10-19)16-29-26-32-22(34-11-13-36-14-12-34)15-23(33-26)35-21-6-4-3-5-20(21)31-25(35)24(27)28/h3-6,15,17-19,24,30H,7-14,16H2,1-2H3,(H,29,32,33). The van der Waals surface area contributed by atoms with Crippen molar-refractivity contribution < 1.29 is 13.5 Å². The first-order valence-corrected chi connectivity index (χ1v) is 13.0. The molecule has 1 saturated carbocycles. The molecule has 2 aliphatic rings. The number of nitrogens with zero attached hydrogens (tertiary/aromatic N) is 5. The minimum absolute atomic E-state index is 0.315. The van der Waals surface area contributed by atoms with Crippen LogP contribution in [-0.2, 0) is 4.74 Å². The van der Waals surface area contributed by atoms with Crippen molar-refractivity contribution >= 4 is 22.8 Å². The second kappa shape index (κ2) is 11.0. The molecule has 0 spiro atoms. The predicted octanol–water partition coefficient (Wildman–Crippen LogP) is 4.56. The largest absolute Gasteiger partial charge is 0.378 e. The summed E-state index contributed by atoms with van der Waals surface area (Å²) < 4.78 is 35.0. The number of alkyl halides is 2. The molecule has 0 radical (unpaired) electrons. The molecule has 3 aromatic rings. The van der Waals surface area contributed by atoms with Crippen molar-refractivity contribution in [2.45, 2.75) is 58.0 Å². The number of rotatable bonds is 8. The number of anilines is 2. The van der Waals surface area contributed by atoms with E-state index in [1.165, 1.54) is 4.57 Å². The van der Waals surface area contributed by atoms with Crippen LogP contribution in [0, 0.1) is 5.92 Å². The summed E-state index contributed by atoms with van der Waals surface area (Å²) in [7, 11) is 0. The van der Waals surface area contributed by atoms with Crippen molar-refractivity contribution in [3.63, 3.8) is 0 Å². The lowest BCUT2D eigenvalue weighted by Crippen LogP contribution is -2.38. The van der Waals surface area contributed by atoms with Crippen LogP contribution in [0.15, 0.2) is 30.3 Å². The van der Waals surface area contributed by atoms with E-state index in [0.717, 1.165) is 32.2 Å². The molecule has 0 atom stereocenters. The first-order chi connectivity index (χ1) is 17.5. The molecular formula is C26H35F2N7O. The van der Waals surface area contributed by atoms with Crippen molar-refractivity contribution in [1.82, 2.24) is 24.8 Å². The number of hydrogen-bond acceptors (Lipinski definition) is 7. The van der Waals surface area contributed by atoms with E-state index in [-0.39, 0.29) is 5.82 Å². The van der Waals surface area contributed by atoms with Gasteiger partial charge in [0, 0.05) is 37.8 Å². The van der Waals surface area contributed by atoms with Crippen LogP contribution in [0.5, 0.6) is 0 Å². The van der Waals surface area contributed by atoms with Gasteiger partial charge in [-0.15, -0.1) is 0 Å². The second-order valence-electron chi connectivity index (χ2n) is 10.0. The molecule has 5 rings (SSSR count). The monoisotopic (exact) mass is 499 g/mol. The first kappa shape index (κ1) is 24.8. The Hall–Kier alpha value is -2.85. The molecule has 2 aromatic heterocycles. The highest BCUT2D eigenvalue weighted by Crippen LogP contribution is 2.30. The number of fused-ring (bicyclic) bond motifs is 1. The van der Waals surface area contributed by atoms with Crippen LogP contribution in [0.3, 0.4) is 0 Å². The van der Waals surface area contributed by atoms with Crippen molar-refractivity contribution in [2.24, 2.45) is 5.92 Å². The van der Waals surface area contributed by atoms with Gasteiger partial charge in [0.25, 0.3) is 6.43 Å². The van der Waals surface area contributed by atoms with Crippen molar-refractivity contribution in [2.75, 3.05) is 43.1 Å². The Bertz CT molecular complexity index is 1150. The third-order valence-corrected chi connectivity index (χ3v) is 7.01. The maximum atomic E-state index is 14.0. The normalized spacial score (nSPS) is 21.0. The van der Waals surface area contributed by atoms with Gasteiger partial charge < -0.3 is 20.3 Å².